The number of nitro groups is 1. The minimum Gasteiger partial charge on any atom is -0.493 e. The topological polar surface area (TPSA) is 108 Å². The van der Waals surface area contributed by atoms with E-state index in [1.807, 2.05) is 0 Å². The van der Waals surface area contributed by atoms with Crippen LogP contribution in [0.25, 0.3) is 10.2 Å². The average Bonchev–Trinajstić information content (AvgIpc) is 3.25. The van der Waals surface area contributed by atoms with E-state index < -0.39 is 28.2 Å². The second-order valence-electron chi connectivity index (χ2n) is 6.96. The number of methoxy groups -OCH3 is 2. The maximum Gasteiger partial charge on any atom is 0.286 e. The Hall–Kier alpha value is -4.19. The van der Waals surface area contributed by atoms with Gasteiger partial charge in [0.25, 0.3) is 11.6 Å². The number of nitrogens with zero attached hydrogens (tertiary/aromatic N) is 4. The van der Waals surface area contributed by atoms with Gasteiger partial charge < -0.3 is 9.47 Å². The van der Waals surface area contributed by atoms with E-state index in [1.54, 1.807) is 18.3 Å². The fourth-order valence-corrected chi connectivity index (χ4v) is 4.30. The van der Waals surface area contributed by atoms with Crippen LogP contribution in [0.1, 0.15) is 15.9 Å². The van der Waals surface area contributed by atoms with Gasteiger partial charge in [0, 0.05) is 24.5 Å². The lowest BCUT2D eigenvalue weighted by Crippen LogP contribution is -2.31. The van der Waals surface area contributed by atoms with Crippen LogP contribution in [0.4, 0.5) is 19.6 Å². The molecule has 34 heavy (non-hydrogen) atoms. The number of hydrogen-bond acceptors (Lipinski definition) is 8. The maximum atomic E-state index is 14.3. The molecule has 4 rings (SSSR count). The second-order valence-corrected chi connectivity index (χ2v) is 7.97. The highest BCUT2D eigenvalue weighted by molar-refractivity contribution is 7.22. The van der Waals surface area contributed by atoms with Gasteiger partial charge in [-0.3, -0.25) is 24.8 Å². The van der Waals surface area contributed by atoms with Crippen LogP contribution >= 0.6 is 11.3 Å². The third-order valence-electron chi connectivity index (χ3n) is 4.87. The maximum absolute atomic E-state index is 14.3. The van der Waals surface area contributed by atoms with Gasteiger partial charge in [-0.15, -0.1) is 0 Å². The van der Waals surface area contributed by atoms with Crippen molar-refractivity contribution in [1.29, 1.82) is 0 Å². The third-order valence-corrected chi connectivity index (χ3v) is 5.90. The van der Waals surface area contributed by atoms with Crippen LogP contribution in [0.3, 0.4) is 0 Å². The predicted octanol–water partition coefficient (Wildman–Crippen LogP) is 4.74. The summed E-state index contributed by atoms with van der Waals surface area (Å²) in [7, 11) is 2.64. The molecule has 0 saturated carbocycles. The fraction of sp³-hybridized carbons (Fsp3) is 0.136. The first-order chi connectivity index (χ1) is 16.3. The van der Waals surface area contributed by atoms with Crippen LogP contribution in [0, 0.1) is 21.7 Å². The van der Waals surface area contributed by atoms with Crippen molar-refractivity contribution < 1.29 is 28.0 Å². The minimum atomic E-state index is -0.886. The molecule has 1 amide bonds. The average molecular weight is 486 g/mol. The zero-order valence-corrected chi connectivity index (χ0v) is 18.6. The van der Waals surface area contributed by atoms with Gasteiger partial charge in [0.05, 0.1) is 36.5 Å². The molecule has 2 aromatic carbocycles. The zero-order valence-electron chi connectivity index (χ0n) is 17.8. The van der Waals surface area contributed by atoms with Crippen molar-refractivity contribution in [1.82, 2.24) is 9.97 Å². The fourth-order valence-electron chi connectivity index (χ4n) is 3.30. The number of anilines is 1. The van der Waals surface area contributed by atoms with E-state index >= 15 is 0 Å². The summed E-state index contributed by atoms with van der Waals surface area (Å²) >= 11 is 0.876. The standard InChI is InChI=1S/C22H16F2N4O5S/c1-32-17-8-14(16(28(30)31)9-18(17)33-2)21(29)27(11-12-4-3-5-25-10-12)22-26-20-15(24)6-13(23)7-19(20)34-22/h3-10H,11H2,1-2H3. The molecule has 2 aromatic heterocycles. The number of nitro benzene ring substituents is 1. The quantitative estimate of drug-likeness (QED) is 0.274. The van der Waals surface area contributed by atoms with Crippen LogP contribution in [0.15, 0.2) is 48.8 Å². The molecule has 174 valence electrons. The predicted molar refractivity (Wildman–Crippen MR) is 120 cm³/mol. The summed E-state index contributed by atoms with van der Waals surface area (Å²) < 4.78 is 38.5. The molecule has 9 nitrogen and oxygen atoms in total. The van der Waals surface area contributed by atoms with Crippen molar-refractivity contribution in [3.05, 3.63) is 81.7 Å². The molecule has 0 bridgehead atoms. The smallest absolute Gasteiger partial charge is 0.286 e. The minimum absolute atomic E-state index is 0.0254. The molecule has 12 heteroatoms. The number of amides is 1. The molecule has 0 N–H and O–H groups in total. The molecule has 0 radical (unpaired) electrons. The molecule has 0 fully saturated rings. The van der Waals surface area contributed by atoms with Gasteiger partial charge in [0.1, 0.15) is 16.9 Å². The number of aromatic nitrogens is 2. The first-order valence-corrected chi connectivity index (χ1v) is 10.5. The van der Waals surface area contributed by atoms with Gasteiger partial charge in [-0.2, -0.15) is 0 Å². The number of fused-ring (bicyclic) bond motifs is 1. The Kier molecular flexibility index (Phi) is 6.32. The molecule has 0 aliphatic heterocycles. The Labute approximate surface area is 195 Å². The van der Waals surface area contributed by atoms with Crippen molar-refractivity contribution >= 4 is 38.3 Å². The summed E-state index contributed by atoms with van der Waals surface area (Å²) in [6, 6.07) is 7.43. The summed E-state index contributed by atoms with van der Waals surface area (Å²) in [5.41, 5.74) is -0.341. The number of hydrogen-bond donors (Lipinski definition) is 0. The number of thiazole rings is 1. The van der Waals surface area contributed by atoms with Crippen molar-refractivity contribution in [3.8, 4) is 11.5 Å². The monoisotopic (exact) mass is 486 g/mol. The molecule has 0 atom stereocenters. The number of ether oxygens (including phenoxy) is 2. The van der Waals surface area contributed by atoms with E-state index in [-0.39, 0.29) is 39.0 Å². The van der Waals surface area contributed by atoms with Crippen LogP contribution < -0.4 is 14.4 Å². The Bertz CT molecular complexity index is 1400. The lowest BCUT2D eigenvalue weighted by molar-refractivity contribution is -0.385. The van der Waals surface area contributed by atoms with Gasteiger partial charge in [-0.05, 0) is 17.7 Å². The van der Waals surface area contributed by atoms with Gasteiger partial charge in [0.2, 0.25) is 0 Å². The third kappa shape index (κ3) is 4.35. The number of benzene rings is 2. The molecular formula is C22H16F2N4O5S. The highest BCUT2D eigenvalue weighted by Crippen LogP contribution is 2.37. The van der Waals surface area contributed by atoms with Crippen molar-refractivity contribution in [3.63, 3.8) is 0 Å². The van der Waals surface area contributed by atoms with Gasteiger partial charge in [-0.25, -0.2) is 13.8 Å². The first kappa shape index (κ1) is 23.0. The molecule has 0 aliphatic carbocycles. The molecule has 0 unspecified atom stereocenters. The van der Waals surface area contributed by atoms with Crippen molar-refractivity contribution in [2.24, 2.45) is 0 Å². The second kappa shape index (κ2) is 9.35. The number of rotatable bonds is 7. The number of pyridine rings is 1. The molecule has 0 spiro atoms. The van der Waals surface area contributed by atoms with E-state index in [0.29, 0.717) is 11.6 Å². The number of carbonyl (C=O) groups excluding carboxylic acids is 1. The van der Waals surface area contributed by atoms with Gasteiger partial charge >= 0.3 is 0 Å². The van der Waals surface area contributed by atoms with Gasteiger partial charge in [-0.1, -0.05) is 17.4 Å². The molecule has 0 aliphatic rings. The summed E-state index contributed by atoms with van der Waals surface area (Å²) in [6.07, 6.45) is 3.06. The SMILES string of the molecule is COc1cc(C(=O)N(Cc2cccnc2)c2nc3c(F)cc(F)cc3s2)c([N+](=O)[O-])cc1OC. The Morgan fingerprint density at radius 3 is 2.56 bits per heavy atom. The van der Waals surface area contributed by atoms with E-state index in [9.17, 15) is 23.7 Å². The highest BCUT2D eigenvalue weighted by atomic mass is 32.1. The van der Waals surface area contributed by atoms with Crippen molar-refractivity contribution in [2.75, 3.05) is 19.1 Å². The van der Waals surface area contributed by atoms with Crippen LogP contribution in [-0.2, 0) is 6.54 Å². The van der Waals surface area contributed by atoms with E-state index in [2.05, 4.69) is 9.97 Å². The van der Waals surface area contributed by atoms with E-state index in [4.69, 9.17) is 9.47 Å². The Balaban J connectivity index is 1.88. The lowest BCUT2D eigenvalue weighted by Gasteiger charge is -2.20. The molecule has 0 saturated heterocycles. The normalized spacial score (nSPS) is 10.8. The Morgan fingerprint density at radius 2 is 1.91 bits per heavy atom. The summed E-state index contributed by atoms with van der Waals surface area (Å²) in [6.45, 7) is -0.0813. The Morgan fingerprint density at radius 1 is 1.18 bits per heavy atom. The summed E-state index contributed by atoms with van der Waals surface area (Å²) in [5.74, 6) is -2.29. The van der Waals surface area contributed by atoms with Crippen LogP contribution in [0.2, 0.25) is 0 Å². The van der Waals surface area contributed by atoms with Gasteiger partial charge in [0.15, 0.2) is 22.4 Å². The number of halogens is 2. The lowest BCUT2D eigenvalue weighted by atomic mass is 10.1. The van der Waals surface area contributed by atoms with Crippen molar-refractivity contribution in [2.45, 2.75) is 6.54 Å². The van der Waals surface area contributed by atoms with Crippen LogP contribution in [-0.4, -0.2) is 35.0 Å². The largest absolute Gasteiger partial charge is 0.493 e. The highest BCUT2D eigenvalue weighted by Gasteiger charge is 2.31. The van der Waals surface area contributed by atoms with E-state index in [0.717, 1.165) is 28.4 Å². The van der Waals surface area contributed by atoms with Crippen LogP contribution in [0.5, 0.6) is 11.5 Å². The first-order valence-electron chi connectivity index (χ1n) is 9.69. The molecule has 4 aromatic rings. The number of carbonyl (C=O) groups is 1. The summed E-state index contributed by atoms with van der Waals surface area (Å²) in [5, 5.41) is 11.8. The molecular weight excluding hydrogens is 470 g/mol. The summed E-state index contributed by atoms with van der Waals surface area (Å²) in [4.78, 5) is 34.1. The zero-order chi connectivity index (χ0) is 24.4. The van der Waals surface area contributed by atoms with E-state index in [1.165, 1.54) is 26.5 Å². The molecule has 2 heterocycles.